The highest BCUT2D eigenvalue weighted by molar-refractivity contribution is 5.61. The van der Waals surface area contributed by atoms with Crippen LogP contribution in [0.2, 0.25) is 0 Å². The number of ether oxygens (including phenoxy) is 1. The minimum atomic E-state index is 0.693. The van der Waals surface area contributed by atoms with Crippen LogP contribution in [0.5, 0.6) is 5.75 Å². The van der Waals surface area contributed by atoms with E-state index in [1.165, 1.54) is 37.2 Å². The molecule has 17 heavy (non-hydrogen) atoms. The largest absolute Gasteiger partial charge is 0.497 e. The summed E-state index contributed by atoms with van der Waals surface area (Å²) in [6.07, 6.45) is 2.61. The smallest absolute Gasteiger partial charge is 0.120 e. The van der Waals surface area contributed by atoms with Crippen molar-refractivity contribution >= 4 is 5.69 Å². The van der Waals surface area contributed by atoms with Crippen LogP contribution in [0, 0.1) is 5.92 Å². The molecule has 1 aromatic carbocycles. The van der Waals surface area contributed by atoms with E-state index in [1.807, 2.05) is 0 Å². The van der Waals surface area contributed by atoms with Crippen LogP contribution in [0.15, 0.2) is 18.2 Å². The summed E-state index contributed by atoms with van der Waals surface area (Å²) >= 11 is 0. The number of hydrogen-bond donors (Lipinski definition) is 2. The number of piperidine rings is 1. The van der Waals surface area contributed by atoms with Crippen molar-refractivity contribution in [1.82, 2.24) is 5.32 Å². The molecular formula is C14H20N2O. The molecule has 3 heteroatoms. The maximum absolute atomic E-state index is 5.27. The number of anilines is 1. The van der Waals surface area contributed by atoms with E-state index in [4.69, 9.17) is 4.74 Å². The first-order valence-electron chi connectivity index (χ1n) is 6.51. The number of rotatable bonds is 2. The summed E-state index contributed by atoms with van der Waals surface area (Å²) in [5.74, 6) is 2.47. The highest BCUT2D eigenvalue weighted by Gasteiger charge is 2.30. The molecule has 0 spiro atoms. The first kappa shape index (κ1) is 10.9. The van der Waals surface area contributed by atoms with Crippen LogP contribution in [0.1, 0.15) is 24.3 Å². The molecule has 1 atom stereocenters. The predicted molar refractivity (Wildman–Crippen MR) is 69.8 cm³/mol. The lowest BCUT2D eigenvalue weighted by Crippen LogP contribution is -2.31. The summed E-state index contributed by atoms with van der Waals surface area (Å²) < 4.78 is 5.27. The van der Waals surface area contributed by atoms with Crippen LogP contribution in [0.4, 0.5) is 5.69 Å². The Hall–Kier alpha value is -1.22. The van der Waals surface area contributed by atoms with E-state index in [0.717, 1.165) is 18.2 Å². The van der Waals surface area contributed by atoms with E-state index >= 15 is 0 Å². The van der Waals surface area contributed by atoms with Gasteiger partial charge in [-0.3, -0.25) is 0 Å². The first-order chi connectivity index (χ1) is 8.38. The minimum Gasteiger partial charge on any atom is -0.497 e. The Balaban J connectivity index is 1.82. The van der Waals surface area contributed by atoms with Gasteiger partial charge >= 0.3 is 0 Å². The zero-order valence-corrected chi connectivity index (χ0v) is 10.3. The molecule has 2 aliphatic rings. The van der Waals surface area contributed by atoms with Gasteiger partial charge in [0.05, 0.1) is 7.11 Å². The van der Waals surface area contributed by atoms with Crippen molar-refractivity contribution in [2.75, 3.05) is 32.1 Å². The number of benzene rings is 1. The fraction of sp³-hybridized carbons (Fsp3) is 0.571. The third-order valence-electron chi connectivity index (χ3n) is 4.13. The number of nitrogens with one attached hydrogen (secondary N) is 2. The third-order valence-corrected chi connectivity index (χ3v) is 4.13. The number of methoxy groups -OCH3 is 1. The molecule has 0 bridgehead atoms. The summed E-state index contributed by atoms with van der Waals surface area (Å²) in [5.41, 5.74) is 2.76. The second-order valence-electron chi connectivity index (χ2n) is 5.03. The SMILES string of the molecule is COc1ccc2c(c1)NCC2C1CCNCC1. The van der Waals surface area contributed by atoms with Gasteiger partial charge in [-0.15, -0.1) is 0 Å². The van der Waals surface area contributed by atoms with Crippen LogP contribution in [0.25, 0.3) is 0 Å². The molecule has 1 unspecified atom stereocenters. The zero-order valence-electron chi connectivity index (χ0n) is 10.3. The lowest BCUT2D eigenvalue weighted by molar-refractivity contribution is 0.330. The van der Waals surface area contributed by atoms with Crippen molar-refractivity contribution in [3.63, 3.8) is 0 Å². The highest BCUT2D eigenvalue weighted by atomic mass is 16.5. The van der Waals surface area contributed by atoms with Crippen LogP contribution in [-0.4, -0.2) is 26.7 Å². The van der Waals surface area contributed by atoms with Gasteiger partial charge in [-0.2, -0.15) is 0 Å². The summed E-state index contributed by atoms with van der Waals surface area (Å²) in [5, 5.41) is 6.96. The molecule has 3 rings (SSSR count). The van der Waals surface area contributed by atoms with Crippen LogP contribution >= 0.6 is 0 Å². The van der Waals surface area contributed by atoms with Gasteiger partial charge in [0.2, 0.25) is 0 Å². The Labute approximate surface area is 103 Å². The number of fused-ring (bicyclic) bond motifs is 1. The standard InChI is InChI=1S/C14H20N2O/c1-17-11-2-3-12-13(9-16-14(12)8-11)10-4-6-15-7-5-10/h2-3,8,10,13,15-16H,4-7,9H2,1H3. The molecule has 1 saturated heterocycles. The van der Waals surface area contributed by atoms with E-state index in [-0.39, 0.29) is 0 Å². The lowest BCUT2D eigenvalue weighted by atomic mass is 9.82. The molecule has 2 aliphatic heterocycles. The average molecular weight is 232 g/mol. The maximum Gasteiger partial charge on any atom is 0.120 e. The average Bonchev–Trinajstić information content (AvgIpc) is 2.82. The van der Waals surface area contributed by atoms with Crippen molar-refractivity contribution in [3.8, 4) is 5.75 Å². The van der Waals surface area contributed by atoms with Gasteiger partial charge in [0.15, 0.2) is 0 Å². The van der Waals surface area contributed by atoms with Crippen LogP contribution < -0.4 is 15.4 Å². The van der Waals surface area contributed by atoms with Gasteiger partial charge in [-0.25, -0.2) is 0 Å². The van der Waals surface area contributed by atoms with Crippen molar-refractivity contribution in [2.24, 2.45) is 5.92 Å². The third kappa shape index (κ3) is 2.00. The maximum atomic E-state index is 5.27. The van der Waals surface area contributed by atoms with E-state index in [2.05, 4.69) is 28.8 Å². The van der Waals surface area contributed by atoms with Gasteiger partial charge in [0.25, 0.3) is 0 Å². The van der Waals surface area contributed by atoms with Gasteiger partial charge in [0.1, 0.15) is 5.75 Å². The van der Waals surface area contributed by atoms with Crippen molar-refractivity contribution < 1.29 is 4.74 Å². The van der Waals surface area contributed by atoms with Gasteiger partial charge in [0, 0.05) is 24.2 Å². The Morgan fingerprint density at radius 2 is 2.06 bits per heavy atom. The molecule has 0 amide bonds. The minimum absolute atomic E-state index is 0.693. The van der Waals surface area contributed by atoms with Crippen LogP contribution in [-0.2, 0) is 0 Å². The topological polar surface area (TPSA) is 33.3 Å². The first-order valence-corrected chi connectivity index (χ1v) is 6.51. The van der Waals surface area contributed by atoms with Crippen molar-refractivity contribution in [1.29, 1.82) is 0 Å². The van der Waals surface area contributed by atoms with Crippen molar-refractivity contribution in [2.45, 2.75) is 18.8 Å². The Morgan fingerprint density at radius 1 is 1.24 bits per heavy atom. The van der Waals surface area contributed by atoms with Gasteiger partial charge in [-0.1, -0.05) is 6.07 Å². The molecule has 1 fully saturated rings. The molecule has 0 radical (unpaired) electrons. The highest BCUT2D eigenvalue weighted by Crippen LogP contribution is 2.40. The molecule has 1 aromatic rings. The number of hydrogen-bond acceptors (Lipinski definition) is 3. The summed E-state index contributed by atoms with van der Waals surface area (Å²) in [4.78, 5) is 0. The van der Waals surface area contributed by atoms with Crippen LogP contribution in [0.3, 0.4) is 0 Å². The van der Waals surface area contributed by atoms with E-state index in [0.29, 0.717) is 5.92 Å². The van der Waals surface area contributed by atoms with E-state index in [1.54, 1.807) is 7.11 Å². The monoisotopic (exact) mass is 232 g/mol. The Bertz CT molecular complexity index is 399. The quantitative estimate of drug-likeness (QED) is 0.820. The molecule has 0 aromatic heterocycles. The van der Waals surface area contributed by atoms with E-state index in [9.17, 15) is 0 Å². The summed E-state index contributed by atoms with van der Waals surface area (Å²) in [7, 11) is 1.72. The fourth-order valence-electron chi connectivity index (χ4n) is 3.14. The molecular weight excluding hydrogens is 212 g/mol. The Morgan fingerprint density at radius 3 is 2.82 bits per heavy atom. The normalized spacial score (nSPS) is 24.2. The van der Waals surface area contributed by atoms with Crippen molar-refractivity contribution in [3.05, 3.63) is 23.8 Å². The van der Waals surface area contributed by atoms with Gasteiger partial charge in [-0.05, 0) is 43.5 Å². The lowest BCUT2D eigenvalue weighted by Gasteiger charge is -2.28. The second-order valence-corrected chi connectivity index (χ2v) is 5.03. The predicted octanol–water partition coefficient (Wildman–Crippen LogP) is 2.20. The van der Waals surface area contributed by atoms with Gasteiger partial charge < -0.3 is 15.4 Å². The van der Waals surface area contributed by atoms with E-state index < -0.39 is 0 Å². The molecule has 2 N–H and O–H groups in total. The zero-order chi connectivity index (χ0) is 11.7. The summed E-state index contributed by atoms with van der Waals surface area (Å²) in [6, 6.07) is 6.44. The molecule has 0 saturated carbocycles. The summed E-state index contributed by atoms with van der Waals surface area (Å²) in [6.45, 7) is 3.44. The molecule has 0 aliphatic carbocycles. The molecule has 92 valence electrons. The second kappa shape index (κ2) is 4.57. The Kier molecular flexibility index (Phi) is 2.93. The molecule has 3 nitrogen and oxygen atoms in total. The molecule has 2 heterocycles. The fourth-order valence-corrected chi connectivity index (χ4v) is 3.14.